The molecule has 1 fully saturated rings. The fourth-order valence-electron chi connectivity index (χ4n) is 2.46. The molecule has 1 aromatic rings. The topological polar surface area (TPSA) is 27.7 Å². The summed E-state index contributed by atoms with van der Waals surface area (Å²) in [6.07, 6.45) is 3.39. The summed E-state index contributed by atoms with van der Waals surface area (Å²) in [5.41, 5.74) is 1.06. The van der Waals surface area contributed by atoms with Crippen LogP contribution in [0.2, 0.25) is 0 Å². The zero-order chi connectivity index (χ0) is 14.4. The van der Waals surface area contributed by atoms with Gasteiger partial charge in [-0.15, -0.1) is 11.6 Å². The maximum absolute atomic E-state index is 6.51. The normalized spacial score (nSPS) is 19.9. The molecule has 1 saturated heterocycles. The molecule has 112 valence electrons. The first kappa shape index (κ1) is 15.5. The molecule has 0 saturated carbocycles. The van der Waals surface area contributed by atoms with E-state index >= 15 is 0 Å². The molecule has 4 heteroatoms. The maximum Gasteiger partial charge on any atom is 0.161 e. The Morgan fingerprint density at radius 1 is 1.25 bits per heavy atom. The molecule has 1 aliphatic heterocycles. The molecule has 0 spiro atoms. The number of halogens is 1. The Bertz CT molecular complexity index is 416. The summed E-state index contributed by atoms with van der Waals surface area (Å²) in [5, 5.41) is -0.0482. The third kappa shape index (κ3) is 4.03. The van der Waals surface area contributed by atoms with Crippen molar-refractivity contribution in [3.8, 4) is 11.5 Å². The smallest absolute Gasteiger partial charge is 0.161 e. The Hall–Kier alpha value is -0.930. The molecule has 3 nitrogen and oxygen atoms in total. The van der Waals surface area contributed by atoms with Crippen LogP contribution in [0.3, 0.4) is 0 Å². The molecule has 1 heterocycles. The lowest BCUT2D eigenvalue weighted by Gasteiger charge is -2.17. The van der Waals surface area contributed by atoms with Crippen molar-refractivity contribution < 1.29 is 14.2 Å². The summed E-state index contributed by atoms with van der Waals surface area (Å²) < 4.78 is 16.8. The van der Waals surface area contributed by atoms with Crippen LogP contribution in [0.1, 0.15) is 44.1 Å². The number of benzene rings is 1. The molecular formula is C16H23ClO3. The monoisotopic (exact) mass is 298 g/mol. The summed E-state index contributed by atoms with van der Waals surface area (Å²) in [4.78, 5) is 0. The first-order valence-electron chi connectivity index (χ1n) is 7.39. The second-order valence-electron chi connectivity index (χ2n) is 4.91. The summed E-state index contributed by atoms with van der Waals surface area (Å²) in [6.45, 7) is 6.03. The fraction of sp³-hybridized carbons (Fsp3) is 0.625. The van der Waals surface area contributed by atoms with Crippen molar-refractivity contribution in [3.63, 3.8) is 0 Å². The predicted octanol–water partition coefficient (Wildman–Crippen LogP) is 4.33. The predicted molar refractivity (Wildman–Crippen MR) is 81.0 cm³/mol. The summed E-state index contributed by atoms with van der Waals surface area (Å²) in [5.74, 6) is 1.55. The van der Waals surface area contributed by atoms with Gasteiger partial charge in [-0.1, -0.05) is 6.07 Å². The van der Waals surface area contributed by atoms with E-state index in [1.807, 2.05) is 32.0 Å². The molecule has 0 radical (unpaired) electrons. The Balaban J connectivity index is 2.07. The number of rotatable bonds is 7. The van der Waals surface area contributed by atoms with Gasteiger partial charge in [-0.2, -0.15) is 0 Å². The molecule has 2 unspecified atom stereocenters. The number of hydrogen-bond acceptors (Lipinski definition) is 3. The van der Waals surface area contributed by atoms with E-state index in [0.29, 0.717) is 19.3 Å². The second-order valence-corrected chi connectivity index (χ2v) is 5.44. The van der Waals surface area contributed by atoms with Crippen LogP contribution in [-0.2, 0) is 4.74 Å². The Morgan fingerprint density at radius 2 is 2.00 bits per heavy atom. The molecule has 2 atom stereocenters. The van der Waals surface area contributed by atoms with Crippen molar-refractivity contribution in [2.45, 2.75) is 44.6 Å². The van der Waals surface area contributed by atoms with Crippen molar-refractivity contribution in [2.75, 3.05) is 19.8 Å². The van der Waals surface area contributed by atoms with Gasteiger partial charge in [0.15, 0.2) is 11.5 Å². The molecule has 2 rings (SSSR count). The van der Waals surface area contributed by atoms with E-state index in [0.717, 1.165) is 42.9 Å². The zero-order valence-electron chi connectivity index (χ0n) is 12.2. The van der Waals surface area contributed by atoms with Crippen molar-refractivity contribution in [2.24, 2.45) is 0 Å². The molecule has 1 aromatic carbocycles. The van der Waals surface area contributed by atoms with Crippen molar-refractivity contribution in [1.82, 2.24) is 0 Å². The van der Waals surface area contributed by atoms with E-state index < -0.39 is 0 Å². The van der Waals surface area contributed by atoms with Crippen LogP contribution in [0.4, 0.5) is 0 Å². The lowest BCUT2D eigenvalue weighted by atomic mass is 10.0. The molecule has 0 aromatic heterocycles. The molecule has 1 aliphatic rings. The molecule has 0 N–H and O–H groups in total. The van der Waals surface area contributed by atoms with E-state index in [1.165, 1.54) is 0 Å². The minimum absolute atomic E-state index is 0.0482. The van der Waals surface area contributed by atoms with Gasteiger partial charge in [0.05, 0.1) is 24.7 Å². The van der Waals surface area contributed by atoms with Crippen LogP contribution in [0.25, 0.3) is 0 Å². The van der Waals surface area contributed by atoms with Crippen molar-refractivity contribution in [1.29, 1.82) is 0 Å². The van der Waals surface area contributed by atoms with E-state index in [-0.39, 0.29) is 5.38 Å². The second kappa shape index (κ2) is 7.75. The van der Waals surface area contributed by atoms with Gasteiger partial charge >= 0.3 is 0 Å². The first-order chi connectivity index (χ1) is 9.74. The SMILES string of the molecule is CCOc1ccc(C(Cl)CC2CCCO2)cc1OCC. The zero-order valence-corrected chi connectivity index (χ0v) is 13.0. The summed E-state index contributed by atoms with van der Waals surface area (Å²) in [6, 6.07) is 5.94. The minimum atomic E-state index is -0.0482. The average molecular weight is 299 g/mol. The first-order valence-corrected chi connectivity index (χ1v) is 7.83. The maximum atomic E-state index is 6.51. The van der Waals surface area contributed by atoms with Gasteiger partial charge in [0.25, 0.3) is 0 Å². The quantitative estimate of drug-likeness (QED) is 0.701. The Morgan fingerprint density at radius 3 is 2.65 bits per heavy atom. The molecule has 0 aliphatic carbocycles. The summed E-state index contributed by atoms with van der Waals surface area (Å²) in [7, 11) is 0. The number of hydrogen-bond donors (Lipinski definition) is 0. The van der Waals surface area contributed by atoms with Gasteiger partial charge in [-0.05, 0) is 50.8 Å². The van der Waals surface area contributed by atoms with Crippen LogP contribution >= 0.6 is 11.6 Å². The minimum Gasteiger partial charge on any atom is -0.490 e. The highest BCUT2D eigenvalue weighted by atomic mass is 35.5. The van der Waals surface area contributed by atoms with Gasteiger partial charge in [0, 0.05) is 6.61 Å². The van der Waals surface area contributed by atoms with E-state index in [9.17, 15) is 0 Å². The van der Waals surface area contributed by atoms with Crippen molar-refractivity contribution >= 4 is 11.6 Å². The van der Waals surface area contributed by atoms with E-state index in [1.54, 1.807) is 0 Å². The number of alkyl halides is 1. The third-order valence-electron chi connectivity index (χ3n) is 3.42. The van der Waals surface area contributed by atoms with Gasteiger partial charge in [-0.25, -0.2) is 0 Å². The fourth-order valence-corrected chi connectivity index (χ4v) is 2.79. The van der Waals surface area contributed by atoms with E-state index in [4.69, 9.17) is 25.8 Å². The highest BCUT2D eigenvalue weighted by molar-refractivity contribution is 6.20. The van der Waals surface area contributed by atoms with Crippen LogP contribution in [-0.4, -0.2) is 25.9 Å². The largest absolute Gasteiger partial charge is 0.490 e. The van der Waals surface area contributed by atoms with Gasteiger partial charge in [0.2, 0.25) is 0 Å². The van der Waals surface area contributed by atoms with Crippen LogP contribution in [0.5, 0.6) is 11.5 Å². The van der Waals surface area contributed by atoms with Gasteiger partial charge in [-0.3, -0.25) is 0 Å². The van der Waals surface area contributed by atoms with Gasteiger partial charge < -0.3 is 14.2 Å². The van der Waals surface area contributed by atoms with Crippen LogP contribution < -0.4 is 9.47 Å². The lowest BCUT2D eigenvalue weighted by molar-refractivity contribution is 0.103. The standard InChI is InChI=1S/C16H23ClO3/c1-3-18-15-8-7-12(10-16(15)19-4-2)14(17)11-13-6-5-9-20-13/h7-8,10,13-14H,3-6,9,11H2,1-2H3. The summed E-state index contributed by atoms with van der Waals surface area (Å²) >= 11 is 6.51. The van der Waals surface area contributed by atoms with Gasteiger partial charge in [0.1, 0.15) is 0 Å². The third-order valence-corrected chi connectivity index (χ3v) is 3.85. The van der Waals surface area contributed by atoms with Crippen molar-refractivity contribution in [3.05, 3.63) is 23.8 Å². The molecule has 20 heavy (non-hydrogen) atoms. The molecular weight excluding hydrogens is 276 g/mol. The average Bonchev–Trinajstić information content (AvgIpc) is 2.94. The molecule has 0 amide bonds. The van der Waals surface area contributed by atoms with E-state index in [2.05, 4.69) is 0 Å². The Labute approximate surface area is 126 Å². The van der Waals surface area contributed by atoms with Crippen LogP contribution in [0, 0.1) is 0 Å². The Kier molecular flexibility index (Phi) is 5.99. The number of ether oxygens (including phenoxy) is 3. The highest BCUT2D eigenvalue weighted by Gasteiger charge is 2.21. The van der Waals surface area contributed by atoms with Crippen LogP contribution in [0.15, 0.2) is 18.2 Å². The highest BCUT2D eigenvalue weighted by Crippen LogP contribution is 2.36. The lowest BCUT2D eigenvalue weighted by Crippen LogP contribution is -2.08. The molecule has 0 bridgehead atoms.